The van der Waals surface area contributed by atoms with Gasteiger partial charge in [0.2, 0.25) is 5.89 Å². The molecule has 5 heteroatoms. The van der Waals surface area contributed by atoms with E-state index in [0.717, 1.165) is 16.9 Å². The zero-order chi connectivity index (χ0) is 17.5. The highest BCUT2D eigenvalue weighted by Crippen LogP contribution is 2.20. The Balaban J connectivity index is 1.59. The van der Waals surface area contributed by atoms with Crippen LogP contribution in [-0.2, 0) is 11.4 Å². The molecule has 2 aromatic carbocycles. The Kier molecular flexibility index (Phi) is 5.46. The summed E-state index contributed by atoms with van der Waals surface area (Å²) in [4.78, 5) is 9.49. The fourth-order valence-corrected chi connectivity index (χ4v) is 2.25. The first-order chi connectivity index (χ1) is 12.2. The first-order valence-electron chi connectivity index (χ1n) is 8.13. The van der Waals surface area contributed by atoms with E-state index >= 15 is 0 Å². The topological polar surface area (TPSA) is 56.9 Å². The highest BCUT2D eigenvalue weighted by molar-refractivity contribution is 5.83. The number of rotatable bonds is 7. The van der Waals surface area contributed by atoms with Crippen molar-refractivity contribution in [2.45, 2.75) is 26.6 Å². The fraction of sp³-hybridized carbons (Fsp3) is 0.200. The Labute approximate surface area is 146 Å². The number of oxime groups is 1. The van der Waals surface area contributed by atoms with E-state index in [1.165, 1.54) is 0 Å². The third-order valence-corrected chi connectivity index (χ3v) is 3.35. The molecule has 0 saturated carbocycles. The number of nitrogens with zero attached hydrogens (tertiary/aromatic N) is 2. The standard InChI is InChI=1S/C20H20N2O3/c1-15(2)24-18-11-7-6-10-17(18)12-22-23-14-20-21-13-19(25-20)16-8-4-3-5-9-16/h3-13,15H,14H2,1-2H3/b22-12+. The molecule has 0 N–H and O–H groups in total. The van der Waals surface area contributed by atoms with Crippen LogP contribution in [0.1, 0.15) is 25.3 Å². The zero-order valence-corrected chi connectivity index (χ0v) is 14.3. The molecule has 25 heavy (non-hydrogen) atoms. The van der Waals surface area contributed by atoms with E-state index in [9.17, 15) is 0 Å². The summed E-state index contributed by atoms with van der Waals surface area (Å²) in [5, 5.41) is 3.98. The van der Waals surface area contributed by atoms with E-state index in [2.05, 4.69) is 10.1 Å². The van der Waals surface area contributed by atoms with Crippen molar-refractivity contribution in [3.05, 3.63) is 72.2 Å². The maximum atomic E-state index is 5.74. The first kappa shape index (κ1) is 16.8. The van der Waals surface area contributed by atoms with E-state index < -0.39 is 0 Å². The Bertz CT molecular complexity index is 826. The zero-order valence-electron chi connectivity index (χ0n) is 14.3. The van der Waals surface area contributed by atoms with Crippen molar-refractivity contribution in [3.8, 4) is 17.1 Å². The lowest BCUT2D eigenvalue weighted by Gasteiger charge is -2.11. The molecule has 0 aliphatic carbocycles. The van der Waals surface area contributed by atoms with Gasteiger partial charge in [-0.3, -0.25) is 0 Å². The predicted molar refractivity (Wildman–Crippen MR) is 96.5 cm³/mol. The van der Waals surface area contributed by atoms with Crippen LogP contribution in [0.2, 0.25) is 0 Å². The van der Waals surface area contributed by atoms with Crippen LogP contribution in [0.15, 0.2) is 70.4 Å². The van der Waals surface area contributed by atoms with Gasteiger partial charge in [-0.1, -0.05) is 47.6 Å². The summed E-state index contributed by atoms with van der Waals surface area (Å²) in [5.41, 5.74) is 1.83. The van der Waals surface area contributed by atoms with Gasteiger partial charge in [-0.05, 0) is 26.0 Å². The number of hydrogen-bond donors (Lipinski definition) is 0. The molecule has 0 atom stereocenters. The number of hydrogen-bond acceptors (Lipinski definition) is 5. The fourth-order valence-electron chi connectivity index (χ4n) is 2.25. The molecule has 0 spiro atoms. The van der Waals surface area contributed by atoms with Gasteiger partial charge in [0.15, 0.2) is 12.4 Å². The van der Waals surface area contributed by atoms with E-state index in [-0.39, 0.29) is 12.7 Å². The Morgan fingerprint density at radius 2 is 1.84 bits per heavy atom. The number of benzene rings is 2. The minimum atomic E-state index is 0.0965. The molecule has 128 valence electrons. The van der Waals surface area contributed by atoms with Gasteiger partial charge in [-0.2, -0.15) is 0 Å². The molecule has 1 aromatic heterocycles. The summed E-state index contributed by atoms with van der Waals surface area (Å²) in [7, 11) is 0. The normalized spacial score (nSPS) is 11.2. The van der Waals surface area contributed by atoms with Crippen molar-refractivity contribution in [1.82, 2.24) is 4.98 Å². The smallest absolute Gasteiger partial charge is 0.235 e. The van der Waals surface area contributed by atoms with Gasteiger partial charge in [0.1, 0.15) is 5.75 Å². The maximum absolute atomic E-state index is 5.74. The number of aromatic nitrogens is 1. The van der Waals surface area contributed by atoms with Crippen LogP contribution in [0.5, 0.6) is 5.75 Å². The number of para-hydroxylation sites is 1. The van der Waals surface area contributed by atoms with Crippen LogP contribution in [-0.4, -0.2) is 17.3 Å². The van der Waals surface area contributed by atoms with Crippen LogP contribution in [0, 0.1) is 0 Å². The Morgan fingerprint density at radius 1 is 1.08 bits per heavy atom. The van der Waals surface area contributed by atoms with Gasteiger partial charge >= 0.3 is 0 Å². The van der Waals surface area contributed by atoms with Crippen molar-refractivity contribution in [2.75, 3.05) is 0 Å². The summed E-state index contributed by atoms with van der Waals surface area (Å²) in [6, 6.07) is 17.5. The highest BCUT2D eigenvalue weighted by atomic mass is 16.6. The van der Waals surface area contributed by atoms with E-state index in [1.807, 2.05) is 68.4 Å². The van der Waals surface area contributed by atoms with Crippen LogP contribution < -0.4 is 4.74 Å². The monoisotopic (exact) mass is 336 g/mol. The molecule has 5 nitrogen and oxygen atoms in total. The second-order valence-electron chi connectivity index (χ2n) is 5.70. The molecule has 0 fully saturated rings. The lowest BCUT2D eigenvalue weighted by molar-refractivity contribution is 0.113. The lowest BCUT2D eigenvalue weighted by Crippen LogP contribution is -2.07. The molecule has 0 amide bonds. The SMILES string of the molecule is CC(C)Oc1ccccc1/C=N/OCc1ncc(-c2ccccc2)o1. The maximum Gasteiger partial charge on any atom is 0.235 e. The summed E-state index contributed by atoms with van der Waals surface area (Å²) in [6.45, 7) is 4.13. The summed E-state index contributed by atoms with van der Waals surface area (Å²) in [5.74, 6) is 1.95. The van der Waals surface area contributed by atoms with Gasteiger partial charge in [0.25, 0.3) is 0 Å². The molecule has 3 rings (SSSR count). The molecule has 1 heterocycles. The summed E-state index contributed by atoms with van der Waals surface area (Å²) in [6.07, 6.45) is 3.40. The van der Waals surface area contributed by atoms with Gasteiger partial charge in [0, 0.05) is 11.1 Å². The van der Waals surface area contributed by atoms with Crippen LogP contribution in [0.3, 0.4) is 0 Å². The molecule has 0 radical (unpaired) electrons. The largest absolute Gasteiger partial charge is 0.490 e. The van der Waals surface area contributed by atoms with Crippen molar-refractivity contribution in [3.63, 3.8) is 0 Å². The molecule has 0 aliphatic heterocycles. The molecule has 0 unspecified atom stereocenters. The van der Waals surface area contributed by atoms with Crippen molar-refractivity contribution in [2.24, 2.45) is 5.16 Å². The Morgan fingerprint density at radius 3 is 2.64 bits per heavy atom. The van der Waals surface area contributed by atoms with Gasteiger partial charge < -0.3 is 14.0 Å². The lowest BCUT2D eigenvalue weighted by atomic mass is 10.2. The van der Waals surface area contributed by atoms with Crippen LogP contribution in [0.4, 0.5) is 0 Å². The van der Waals surface area contributed by atoms with E-state index in [1.54, 1.807) is 12.4 Å². The molecular formula is C20H20N2O3. The number of oxazole rings is 1. The Hall–Kier alpha value is -3.08. The third kappa shape index (κ3) is 4.70. The first-order valence-corrected chi connectivity index (χ1v) is 8.13. The minimum Gasteiger partial charge on any atom is -0.490 e. The van der Waals surface area contributed by atoms with Crippen molar-refractivity contribution in [1.29, 1.82) is 0 Å². The molecule has 0 aliphatic rings. The molecular weight excluding hydrogens is 316 g/mol. The molecule has 0 saturated heterocycles. The average molecular weight is 336 g/mol. The molecule has 0 bridgehead atoms. The van der Waals surface area contributed by atoms with Gasteiger partial charge in [-0.15, -0.1) is 0 Å². The average Bonchev–Trinajstić information content (AvgIpc) is 3.09. The predicted octanol–water partition coefficient (Wildman–Crippen LogP) is 4.68. The minimum absolute atomic E-state index is 0.0965. The van der Waals surface area contributed by atoms with Gasteiger partial charge in [-0.25, -0.2) is 4.98 Å². The number of ether oxygens (including phenoxy) is 1. The van der Waals surface area contributed by atoms with Crippen LogP contribution in [0.25, 0.3) is 11.3 Å². The van der Waals surface area contributed by atoms with Crippen molar-refractivity contribution < 1.29 is 14.0 Å². The van der Waals surface area contributed by atoms with Crippen molar-refractivity contribution >= 4 is 6.21 Å². The van der Waals surface area contributed by atoms with E-state index in [4.69, 9.17) is 14.0 Å². The second-order valence-corrected chi connectivity index (χ2v) is 5.70. The van der Waals surface area contributed by atoms with Crippen LogP contribution >= 0.6 is 0 Å². The van der Waals surface area contributed by atoms with E-state index in [0.29, 0.717) is 11.7 Å². The quantitative estimate of drug-likeness (QED) is 0.464. The summed E-state index contributed by atoms with van der Waals surface area (Å²) >= 11 is 0. The molecule has 3 aromatic rings. The van der Waals surface area contributed by atoms with Gasteiger partial charge in [0.05, 0.1) is 18.5 Å². The third-order valence-electron chi connectivity index (χ3n) is 3.35. The second kappa shape index (κ2) is 8.15. The summed E-state index contributed by atoms with van der Waals surface area (Å²) < 4.78 is 11.4. The highest BCUT2D eigenvalue weighted by Gasteiger charge is 2.06.